The molecule has 1 heterocycles. The molecule has 0 bridgehead atoms. The van der Waals surface area contributed by atoms with Gasteiger partial charge in [-0.3, -0.25) is 4.79 Å². The van der Waals surface area contributed by atoms with Crippen LogP contribution in [0.3, 0.4) is 0 Å². The van der Waals surface area contributed by atoms with E-state index in [0.29, 0.717) is 6.54 Å². The molecule has 0 unspecified atom stereocenters. The minimum absolute atomic E-state index is 0.00199. The van der Waals surface area contributed by atoms with Crippen LogP contribution in [0.25, 0.3) is 11.0 Å². The first-order valence-electron chi connectivity index (χ1n) is 5.41. The van der Waals surface area contributed by atoms with Gasteiger partial charge in [-0.25, -0.2) is 4.98 Å². The number of amides is 1. The van der Waals surface area contributed by atoms with E-state index < -0.39 is 0 Å². The Morgan fingerprint density at radius 2 is 2.19 bits per heavy atom. The molecular formula is C12H15N3O. The van der Waals surface area contributed by atoms with E-state index in [1.54, 1.807) is 7.05 Å². The van der Waals surface area contributed by atoms with Crippen LogP contribution < -0.4 is 5.32 Å². The van der Waals surface area contributed by atoms with Gasteiger partial charge in [0.05, 0.1) is 11.0 Å². The molecule has 0 saturated carbocycles. The van der Waals surface area contributed by atoms with E-state index in [1.807, 2.05) is 35.8 Å². The Kier molecular flexibility index (Phi) is 2.90. The van der Waals surface area contributed by atoms with Gasteiger partial charge >= 0.3 is 0 Å². The standard InChI is InChI=1S/C12H15N3O/c1-3-11-14-9-6-4-5-7-10(9)15(11)8-12(16)13-2/h4-7H,3,8H2,1-2H3,(H,13,16). The van der Waals surface area contributed by atoms with Crippen molar-refractivity contribution in [3.05, 3.63) is 30.1 Å². The zero-order valence-electron chi connectivity index (χ0n) is 9.53. The summed E-state index contributed by atoms with van der Waals surface area (Å²) in [5, 5.41) is 2.63. The summed E-state index contributed by atoms with van der Waals surface area (Å²) < 4.78 is 1.97. The molecule has 16 heavy (non-hydrogen) atoms. The maximum absolute atomic E-state index is 11.4. The molecule has 0 aliphatic carbocycles. The van der Waals surface area contributed by atoms with Gasteiger partial charge in [0.2, 0.25) is 5.91 Å². The largest absolute Gasteiger partial charge is 0.358 e. The monoisotopic (exact) mass is 217 g/mol. The fraction of sp³-hybridized carbons (Fsp3) is 0.333. The normalized spacial score (nSPS) is 10.6. The first kappa shape index (κ1) is 10.7. The maximum atomic E-state index is 11.4. The Balaban J connectivity index is 2.51. The average Bonchev–Trinajstić information content (AvgIpc) is 2.67. The van der Waals surface area contributed by atoms with Gasteiger partial charge in [-0.15, -0.1) is 0 Å². The third-order valence-electron chi connectivity index (χ3n) is 2.63. The summed E-state index contributed by atoms with van der Waals surface area (Å²) >= 11 is 0. The van der Waals surface area contributed by atoms with Crippen molar-refractivity contribution in [3.63, 3.8) is 0 Å². The molecule has 0 aliphatic heterocycles. The van der Waals surface area contributed by atoms with Crippen LogP contribution >= 0.6 is 0 Å². The van der Waals surface area contributed by atoms with E-state index in [0.717, 1.165) is 23.3 Å². The summed E-state index contributed by atoms with van der Waals surface area (Å²) in [6, 6.07) is 7.88. The van der Waals surface area contributed by atoms with E-state index in [2.05, 4.69) is 10.3 Å². The molecule has 0 aliphatic rings. The van der Waals surface area contributed by atoms with E-state index >= 15 is 0 Å². The van der Waals surface area contributed by atoms with Crippen molar-refractivity contribution in [1.29, 1.82) is 0 Å². The van der Waals surface area contributed by atoms with Crippen molar-refractivity contribution in [3.8, 4) is 0 Å². The average molecular weight is 217 g/mol. The topological polar surface area (TPSA) is 46.9 Å². The van der Waals surface area contributed by atoms with Crippen molar-refractivity contribution in [2.75, 3.05) is 7.05 Å². The van der Waals surface area contributed by atoms with Gasteiger partial charge in [-0.05, 0) is 12.1 Å². The molecule has 4 heteroatoms. The number of hydrogen-bond acceptors (Lipinski definition) is 2. The smallest absolute Gasteiger partial charge is 0.239 e. The summed E-state index contributed by atoms with van der Waals surface area (Å²) in [5.41, 5.74) is 1.96. The molecule has 4 nitrogen and oxygen atoms in total. The van der Waals surface area contributed by atoms with Crippen LogP contribution in [0.1, 0.15) is 12.7 Å². The number of hydrogen-bond donors (Lipinski definition) is 1. The van der Waals surface area contributed by atoms with Crippen molar-refractivity contribution in [2.45, 2.75) is 19.9 Å². The van der Waals surface area contributed by atoms with Crippen LogP contribution in [0, 0.1) is 0 Å². The van der Waals surface area contributed by atoms with Gasteiger partial charge in [0.25, 0.3) is 0 Å². The lowest BCUT2D eigenvalue weighted by Gasteiger charge is -2.06. The van der Waals surface area contributed by atoms with Crippen molar-refractivity contribution in [1.82, 2.24) is 14.9 Å². The zero-order chi connectivity index (χ0) is 11.5. The third kappa shape index (κ3) is 1.78. The second-order valence-electron chi connectivity index (χ2n) is 3.63. The van der Waals surface area contributed by atoms with Crippen molar-refractivity contribution < 1.29 is 4.79 Å². The number of para-hydroxylation sites is 2. The number of rotatable bonds is 3. The lowest BCUT2D eigenvalue weighted by Crippen LogP contribution is -2.24. The second kappa shape index (κ2) is 4.35. The van der Waals surface area contributed by atoms with E-state index in [-0.39, 0.29) is 5.91 Å². The van der Waals surface area contributed by atoms with Crippen LogP contribution in [0.15, 0.2) is 24.3 Å². The van der Waals surface area contributed by atoms with Crippen LogP contribution in [0.2, 0.25) is 0 Å². The lowest BCUT2D eigenvalue weighted by molar-refractivity contribution is -0.121. The summed E-state index contributed by atoms with van der Waals surface area (Å²) in [6.45, 7) is 2.38. The van der Waals surface area contributed by atoms with Crippen LogP contribution in [0.4, 0.5) is 0 Å². The molecule has 2 aromatic rings. The lowest BCUT2D eigenvalue weighted by atomic mass is 10.3. The second-order valence-corrected chi connectivity index (χ2v) is 3.63. The molecule has 0 spiro atoms. The molecule has 1 amide bonds. The summed E-state index contributed by atoms with van der Waals surface area (Å²) in [4.78, 5) is 15.9. The predicted octanol–water partition coefficient (Wildman–Crippen LogP) is 1.34. The molecule has 0 radical (unpaired) electrons. The van der Waals surface area contributed by atoms with Gasteiger partial charge in [0.1, 0.15) is 12.4 Å². The van der Waals surface area contributed by atoms with Gasteiger partial charge in [0.15, 0.2) is 0 Å². The molecule has 0 atom stereocenters. The molecule has 84 valence electrons. The Bertz CT molecular complexity index is 516. The van der Waals surface area contributed by atoms with Crippen LogP contribution in [0.5, 0.6) is 0 Å². The third-order valence-corrected chi connectivity index (χ3v) is 2.63. The van der Waals surface area contributed by atoms with Crippen molar-refractivity contribution >= 4 is 16.9 Å². The fourth-order valence-corrected chi connectivity index (χ4v) is 1.79. The molecule has 1 aromatic carbocycles. The minimum Gasteiger partial charge on any atom is -0.358 e. The SMILES string of the molecule is CCc1nc2ccccc2n1CC(=O)NC. The number of carbonyl (C=O) groups is 1. The molecule has 1 N–H and O–H groups in total. The Hall–Kier alpha value is -1.84. The number of nitrogens with one attached hydrogen (secondary N) is 1. The quantitative estimate of drug-likeness (QED) is 0.843. The Morgan fingerprint density at radius 3 is 2.88 bits per heavy atom. The van der Waals surface area contributed by atoms with E-state index in [4.69, 9.17) is 0 Å². The molecule has 0 fully saturated rings. The van der Waals surface area contributed by atoms with Gasteiger partial charge in [0, 0.05) is 13.5 Å². The zero-order valence-corrected chi connectivity index (χ0v) is 9.53. The fourth-order valence-electron chi connectivity index (χ4n) is 1.79. The van der Waals surface area contributed by atoms with E-state index in [1.165, 1.54) is 0 Å². The number of imidazole rings is 1. The predicted molar refractivity (Wildman–Crippen MR) is 63.2 cm³/mol. The number of aromatic nitrogens is 2. The molecular weight excluding hydrogens is 202 g/mol. The number of fused-ring (bicyclic) bond motifs is 1. The molecule has 2 rings (SSSR count). The highest BCUT2D eigenvalue weighted by molar-refractivity contribution is 5.80. The maximum Gasteiger partial charge on any atom is 0.239 e. The number of likely N-dealkylation sites (N-methyl/N-ethyl adjacent to an activating group) is 1. The number of benzene rings is 1. The summed E-state index contributed by atoms with van der Waals surface area (Å²) in [5.74, 6) is 0.947. The highest BCUT2D eigenvalue weighted by atomic mass is 16.1. The summed E-state index contributed by atoms with van der Waals surface area (Å²) in [6.07, 6.45) is 0.825. The van der Waals surface area contributed by atoms with E-state index in [9.17, 15) is 4.79 Å². The number of nitrogens with zero attached hydrogens (tertiary/aromatic N) is 2. The first-order valence-corrected chi connectivity index (χ1v) is 5.41. The number of carbonyl (C=O) groups excluding carboxylic acids is 1. The summed E-state index contributed by atoms with van der Waals surface area (Å²) in [7, 11) is 1.65. The molecule has 1 aromatic heterocycles. The van der Waals surface area contributed by atoms with Gasteiger partial charge in [-0.2, -0.15) is 0 Å². The Labute approximate surface area is 94.3 Å². The first-order chi connectivity index (χ1) is 7.76. The highest BCUT2D eigenvalue weighted by Crippen LogP contribution is 2.16. The highest BCUT2D eigenvalue weighted by Gasteiger charge is 2.10. The minimum atomic E-state index is -0.00199. The van der Waals surface area contributed by atoms with Gasteiger partial charge < -0.3 is 9.88 Å². The molecule has 0 saturated heterocycles. The van der Waals surface area contributed by atoms with Crippen molar-refractivity contribution in [2.24, 2.45) is 0 Å². The van der Waals surface area contributed by atoms with Gasteiger partial charge in [-0.1, -0.05) is 19.1 Å². The van der Waals surface area contributed by atoms with Crippen LogP contribution in [-0.4, -0.2) is 22.5 Å². The Morgan fingerprint density at radius 1 is 1.44 bits per heavy atom. The number of aryl methyl sites for hydroxylation is 1. The van der Waals surface area contributed by atoms with Crippen LogP contribution in [-0.2, 0) is 17.8 Å².